The van der Waals surface area contributed by atoms with E-state index in [2.05, 4.69) is 15.3 Å². The topological polar surface area (TPSA) is 69.2 Å². The molecule has 0 unspecified atom stereocenters. The third-order valence-corrected chi connectivity index (χ3v) is 3.84. The van der Waals surface area contributed by atoms with Gasteiger partial charge in [-0.3, -0.25) is 4.79 Å². The number of benzene rings is 2. The Kier molecular flexibility index (Phi) is 8.01. The lowest BCUT2D eigenvalue weighted by molar-refractivity contribution is -0.123. The lowest BCUT2D eigenvalue weighted by atomic mass is 10.2. The summed E-state index contributed by atoms with van der Waals surface area (Å²) in [6, 6.07) is 10.2. The SMILES string of the molecule is CCc1ccc(OCC(=O)N/N=C\c2cc(Cl)c(OC(F)F)c(OC)c2)cc1. The predicted molar refractivity (Wildman–Crippen MR) is 102 cm³/mol. The highest BCUT2D eigenvalue weighted by Crippen LogP contribution is 2.37. The maximum Gasteiger partial charge on any atom is 0.387 e. The first-order chi connectivity index (χ1) is 13.4. The van der Waals surface area contributed by atoms with Crippen LogP contribution in [0.5, 0.6) is 17.2 Å². The molecular weight excluding hydrogens is 394 g/mol. The molecule has 0 heterocycles. The molecule has 0 spiro atoms. The van der Waals surface area contributed by atoms with E-state index in [1.807, 2.05) is 19.1 Å². The van der Waals surface area contributed by atoms with E-state index in [-0.39, 0.29) is 23.1 Å². The number of rotatable bonds is 9. The van der Waals surface area contributed by atoms with Gasteiger partial charge in [-0.1, -0.05) is 30.7 Å². The highest BCUT2D eigenvalue weighted by molar-refractivity contribution is 6.32. The number of hydrogen-bond acceptors (Lipinski definition) is 5. The number of carbonyl (C=O) groups excluding carboxylic acids is 1. The first kappa shape index (κ1) is 21.4. The van der Waals surface area contributed by atoms with Gasteiger partial charge >= 0.3 is 6.61 Å². The standard InChI is InChI=1S/C19H19ClF2N2O4/c1-3-12-4-6-14(7-5-12)27-11-17(25)24-23-10-13-8-15(20)18(28-19(21)22)16(9-13)26-2/h4-10,19H,3,11H2,1-2H3,(H,24,25)/b23-10-. The van der Waals surface area contributed by atoms with Crippen LogP contribution < -0.4 is 19.6 Å². The fraction of sp³-hybridized carbons (Fsp3) is 0.263. The van der Waals surface area contributed by atoms with E-state index >= 15 is 0 Å². The smallest absolute Gasteiger partial charge is 0.387 e. The van der Waals surface area contributed by atoms with Gasteiger partial charge < -0.3 is 14.2 Å². The first-order valence-electron chi connectivity index (χ1n) is 8.29. The fourth-order valence-corrected chi connectivity index (χ4v) is 2.46. The fourth-order valence-electron chi connectivity index (χ4n) is 2.20. The van der Waals surface area contributed by atoms with Crippen LogP contribution in [0.15, 0.2) is 41.5 Å². The Morgan fingerprint density at radius 3 is 2.61 bits per heavy atom. The van der Waals surface area contributed by atoms with Gasteiger partial charge in [0.15, 0.2) is 18.1 Å². The molecule has 0 atom stereocenters. The molecule has 0 aliphatic heterocycles. The Bertz CT molecular complexity index is 829. The maximum atomic E-state index is 12.4. The van der Waals surface area contributed by atoms with Crippen molar-refractivity contribution in [2.75, 3.05) is 13.7 Å². The van der Waals surface area contributed by atoms with Crippen LogP contribution >= 0.6 is 11.6 Å². The van der Waals surface area contributed by atoms with E-state index < -0.39 is 12.5 Å². The molecule has 0 aliphatic rings. The van der Waals surface area contributed by atoms with Crippen LogP contribution in [0.25, 0.3) is 0 Å². The molecule has 0 radical (unpaired) electrons. The minimum Gasteiger partial charge on any atom is -0.493 e. The van der Waals surface area contributed by atoms with Crippen LogP contribution in [0.3, 0.4) is 0 Å². The molecule has 6 nitrogen and oxygen atoms in total. The van der Waals surface area contributed by atoms with Crippen molar-refractivity contribution >= 4 is 23.7 Å². The highest BCUT2D eigenvalue weighted by Gasteiger charge is 2.15. The number of nitrogens with one attached hydrogen (secondary N) is 1. The van der Waals surface area contributed by atoms with Crippen molar-refractivity contribution in [3.05, 3.63) is 52.5 Å². The van der Waals surface area contributed by atoms with Crippen LogP contribution in [0.2, 0.25) is 5.02 Å². The van der Waals surface area contributed by atoms with Crippen LogP contribution in [0.4, 0.5) is 8.78 Å². The van der Waals surface area contributed by atoms with Gasteiger partial charge in [-0.05, 0) is 41.8 Å². The Morgan fingerprint density at radius 2 is 2.00 bits per heavy atom. The predicted octanol–water partition coefficient (Wildman–Crippen LogP) is 4.04. The number of alkyl halides is 2. The van der Waals surface area contributed by atoms with Gasteiger partial charge in [-0.25, -0.2) is 5.43 Å². The van der Waals surface area contributed by atoms with Crippen molar-refractivity contribution in [2.24, 2.45) is 5.10 Å². The number of carbonyl (C=O) groups is 1. The number of hydrazone groups is 1. The Balaban J connectivity index is 1.92. The molecule has 150 valence electrons. The zero-order valence-electron chi connectivity index (χ0n) is 15.2. The lowest BCUT2D eigenvalue weighted by Gasteiger charge is -2.12. The molecule has 2 rings (SSSR count). The van der Waals surface area contributed by atoms with Crippen molar-refractivity contribution in [2.45, 2.75) is 20.0 Å². The number of nitrogens with zero attached hydrogens (tertiary/aromatic N) is 1. The monoisotopic (exact) mass is 412 g/mol. The minimum atomic E-state index is -3.04. The van der Waals surface area contributed by atoms with Crippen molar-refractivity contribution in [1.82, 2.24) is 5.43 Å². The summed E-state index contributed by atoms with van der Waals surface area (Å²) in [5.41, 5.74) is 3.88. The molecule has 2 aromatic rings. The highest BCUT2D eigenvalue weighted by atomic mass is 35.5. The van der Waals surface area contributed by atoms with Crippen molar-refractivity contribution in [3.63, 3.8) is 0 Å². The van der Waals surface area contributed by atoms with E-state index in [0.29, 0.717) is 11.3 Å². The van der Waals surface area contributed by atoms with Gasteiger partial charge in [0.05, 0.1) is 18.3 Å². The number of ether oxygens (including phenoxy) is 3. The number of hydrogen-bond donors (Lipinski definition) is 1. The molecule has 0 bridgehead atoms. The normalized spacial score (nSPS) is 10.9. The average molecular weight is 413 g/mol. The maximum absolute atomic E-state index is 12.4. The number of amides is 1. The second kappa shape index (κ2) is 10.5. The molecule has 0 aliphatic carbocycles. The summed E-state index contributed by atoms with van der Waals surface area (Å²) in [7, 11) is 1.29. The van der Waals surface area contributed by atoms with Crippen molar-refractivity contribution in [3.8, 4) is 17.2 Å². The van der Waals surface area contributed by atoms with Gasteiger partial charge in [-0.15, -0.1) is 0 Å². The third-order valence-electron chi connectivity index (χ3n) is 3.56. The molecule has 28 heavy (non-hydrogen) atoms. The average Bonchev–Trinajstić information content (AvgIpc) is 2.68. The summed E-state index contributed by atoms with van der Waals surface area (Å²) in [5.74, 6) is -0.156. The molecule has 0 saturated carbocycles. The molecule has 0 aromatic heterocycles. The first-order valence-corrected chi connectivity index (χ1v) is 8.66. The molecule has 0 saturated heterocycles. The summed E-state index contributed by atoms with van der Waals surface area (Å²) in [6.07, 6.45) is 2.20. The van der Waals surface area contributed by atoms with Crippen LogP contribution in [0.1, 0.15) is 18.1 Å². The van der Waals surface area contributed by atoms with E-state index in [1.54, 1.807) is 12.1 Å². The molecule has 1 amide bonds. The summed E-state index contributed by atoms with van der Waals surface area (Å²) in [5, 5.41) is 3.70. The summed E-state index contributed by atoms with van der Waals surface area (Å²) in [6.45, 7) is -1.21. The second-order valence-electron chi connectivity index (χ2n) is 5.49. The minimum absolute atomic E-state index is 0.0134. The van der Waals surface area contributed by atoms with Gasteiger partial charge in [0.25, 0.3) is 5.91 Å². The Morgan fingerprint density at radius 1 is 1.29 bits per heavy atom. The van der Waals surface area contributed by atoms with Gasteiger partial charge in [0, 0.05) is 0 Å². The Hall–Kier alpha value is -2.87. The van der Waals surface area contributed by atoms with E-state index in [1.165, 1.54) is 31.0 Å². The molecule has 2 aromatic carbocycles. The van der Waals surface area contributed by atoms with E-state index in [0.717, 1.165) is 6.42 Å². The summed E-state index contributed by atoms with van der Waals surface area (Å²) < 4.78 is 39.5. The third kappa shape index (κ3) is 6.38. The van der Waals surface area contributed by atoms with Crippen molar-refractivity contribution in [1.29, 1.82) is 0 Å². The van der Waals surface area contributed by atoms with Crippen LogP contribution in [0, 0.1) is 0 Å². The van der Waals surface area contributed by atoms with Crippen LogP contribution in [-0.4, -0.2) is 32.4 Å². The largest absolute Gasteiger partial charge is 0.493 e. The van der Waals surface area contributed by atoms with E-state index in [9.17, 15) is 13.6 Å². The number of methoxy groups -OCH3 is 1. The molecule has 1 N–H and O–H groups in total. The van der Waals surface area contributed by atoms with Gasteiger partial charge in [0.1, 0.15) is 5.75 Å². The number of halogens is 3. The molecular formula is C19H19ClF2N2O4. The molecule has 9 heteroatoms. The summed E-state index contributed by atoms with van der Waals surface area (Å²) in [4.78, 5) is 11.8. The molecule has 0 fully saturated rings. The quantitative estimate of drug-likeness (QED) is 0.498. The second-order valence-corrected chi connectivity index (χ2v) is 5.90. The Labute approximate surface area is 166 Å². The summed E-state index contributed by atoms with van der Waals surface area (Å²) >= 11 is 5.93. The van der Waals surface area contributed by atoms with Crippen LogP contribution in [-0.2, 0) is 11.2 Å². The van der Waals surface area contributed by atoms with Gasteiger partial charge in [-0.2, -0.15) is 13.9 Å². The van der Waals surface area contributed by atoms with Crippen molar-refractivity contribution < 1.29 is 27.8 Å². The van der Waals surface area contributed by atoms with Gasteiger partial charge in [0.2, 0.25) is 0 Å². The zero-order chi connectivity index (χ0) is 20.5. The zero-order valence-corrected chi connectivity index (χ0v) is 16.0. The number of aryl methyl sites for hydroxylation is 1. The van der Waals surface area contributed by atoms with E-state index in [4.69, 9.17) is 21.1 Å². The lowest BCUT2D eigenvalue weighted by Crippen LogP contribution is -2.24.